The molecule has 0 spiro atoms. The van der Waals surface area contributed by atoms with Crippen molar-refractivity contribution in [2.75, 3.05) is 0 Å². The number of para-hydroxylation sites is 1. The Kier molecular flexibility index (Phi) is 3.39. The Hall–Kier alpha value is -1.98. The zero-order valence-electron chi connectivity index (χ0n) is 10.2. The van der Waals surface area contributed by atoms with Gasteiger partial charge in [0.25, 0.3) is 0 Å². The van der Waals surface area contributed by atoms with Crippen LogP contribution in [0.25, 0.3) is 5.69 Å². The summed E-state index contributed by atoms with van der Waals surface area (Å²) >= 11 is 1.55. The Balaban J connectivity index is 1.78. The zero-order valence-corrected chi connectivity index (χ0v) is 11.0. The smallest absolute Gasteiger partial charge is 0.0869 e. The molecule has 1 atom stereocenters. The first-order chi connectivity index (χ1) is 9.33. The SMILES string of the molecule is OC(Cc1cncs1)c1cnn(-c2ccccc2)c1. The first-order valence-corrected chi connectivity index (χ1v) is 6.86. The van der Waals surface area contributed by atoms with Crippen LogP contribution in [0.15, 0.2) is 54.4 Å². The highest BCUT2D eigenvalue weighted by molar-refractivity contribution is 7.09. The molecule has 0 amide bonds. The molecule has 0 bridgehead atoms. The minimum absolute atomic E-state index is 0.544. The van der Waals surface area contributed by atoms with E-state index >= 15 is 0 Å². The van der Waals surface area contributed by atoms with Gasteiger partial charge in [0.1, 0.15) is 0 Å². The van der Waals surface area contributed by atoms with Crippen LogP contribution in [-0.4, -0.2) is 19.9 Å². The molecule has 0 saturated heterocycles. The summed E-state index contributed by atoms with van der Waals surface area (Å²) in [7, 11) is 0. The van der Waals surface area contributed by atoms with E-state index in [0.29, 0.717) is 6.42 Å². The van der Waals surface area contributed by atoms with Crippen molar-refractivity contribution in [2.24, 2.45) is 0 Å². The first kappa shape index (κ1) is 12.1. The number of thiazole rings is 1. The van der Waals surface area contributed by atoms with Gasteiger partial charge in [0, 0.05) is 29.3 Å². The van der Waals surface area contributed by atoms with E-state index in [1.165, 1.54) is 0 Å². The summed E-state index contributed by atoms with van der Waals surface area (Å²) in [6.45, 7) is 0. The van der Waals surface area contributed by atoms with Crippen molar-refractivity contribution in [1.29, 1.82) is 0 Å². The van der Waals surface area contributed by atoms with E-state index in [9.17, 15) is 5.11 Å². The van der Waals surface area contributed by atoms with Gasteiger partial charge in [-0.3, -0.25) is 4.98 Å². The molecule has 5 heteroatoms. The Bertz CT molecular complexity index is 634. The van der Waals surface area contributed by atoms with Crippen molar-refractivity contribution in [1.82, 2.24) is 14.8 Å². The molecule has 0 saturated carbocycles. The van der Waals surface area contributed by atoms with Gasteiger partial charge < -0.3 is 5.11 Å². The maximum absolute atomic E-state index is 10.2. The highest BCUT2D eigenvalue weighted by Crippen LogP contribution is 2.20. The van der Waals surface area contributed by atoms with E-state index in [0.717, 1.165) is 16.1 Å². The average Bonchev–Trinajstić information content (AvgIpc) is 3.10. The van der Waals surface area contributed by atoms with Crippen LogP contribution >= 0.6 is 11.3 Å². The van der Waals surface area contributed by atoms with Crippen molar-refractivity contribution in [2.45, 2.75) is 12.5 Å². The standard InChI is InChI=1S/C14H13N3OS/c18-14(6-13-8-15-10-19-13)11-7-16-17(9-11)12-4-2-1-3-5-12/h1-5,7-10,14,18H,6H2. The fourth-order valence-electron chi connectivity index (χ4n) is 1.88. The highest BCUT2D eigenvalue weighted by atomic mass is 32.1. The lowest BCUT2D eigenvalue weighted by atomic mass is 10.1. The predicted octanol–water partition coefficient (Wildman–Crippen LogP) is 2.60. The van der Waals surface area contributed by atoms with Gasteiger partial charge in [0.05, 0.1) is 23.5 Å². The summed E-state index contributed by atoms with van der Waals surface area (Å²) in [5, 5.41) is 14.5. The molecule has 0 aliphatic carbocycles. The molecule has 2 aromatic heterocycles. The highest BCUT2D eigenvalue weighted by Gasteiger charge is 2.12. The normalized spacial score (nSPS) is 12.5. The predicted molar refractivity (Wildman–Crippen MR) is 74.3 cm³/mol. The maximum Gasteiger partial charge on any atom is 0.0869 e. The number of benzene rings is 1. The van der Waals surface area contributed by atoms with Crippen molar-refractivity contribution in [3.8, 4) is 5.69 Å². The summed E-state index contributed by atoms with van der Waals surface area (Å²) in [6.07, 6.45) is 5.39. The first-order valence-electron chi connectivity index (χ1n) is 5.98. The van der Waals surface area contributed by atoms with Gasteiger partial charge in [-0.25, -0.2) is 4.68 Å². The molecule has 3 rings (SSSR count). The van der Waals surface area contributed by atoms with E-state index in [2.05, 4.69) is 10.1 Å². The second-order valence-corrected chi connectivity index (χ2v) is 5.21. The fourth-order valence-corrected chi connectivity index (χ4v) is 2.52. The van der Waals surface area contributed by atoms with Crippen LogP contribution in [0.3, 0.4) is 0 Å². The second kappa shape index (κ2) is 5.34. The number of hydrogen-bond acceptors (Lipinski definition) is 4. The zero-order chi connectivity index (χ0) is 13.1. The summed E-state index contributed by atoms with van der Waals surface area (Å²) in [4.78, 5) is 5.08. The molecule has 2 heterocycles. The molecule has 4 nitrogen and oxygen atoms in total. The maximum atomic E-state index is 10.2. The fraction of sp³-hybridized carbons (Fsp3) is 0.143. The molecule has 3 aromatic rings. The van der Waals surface area contributed by atoms with Gasteiger partial charge in [0.15, 0.2) is 0 Å². The number of nitrogens with zero attached hydrogens (tertiary/aromatic N) is 3. The van der Waals surface area contributed by atoms with Crippen LogP contribution in [-0.2, 0) is 6.42 Å². The van der Waals surface area contributed by atoms with Crippen LogP contribution < -0.4 is 0 Å². The van der Waals surface area contributed by atoms with Gasteiger partial charge in [0.2, 0.25) is 0 Å². The van der Waals surface area contributed by atoms with Crippen LogP contribution in [0.4, 0.5) is 0 Å². The van der Waals surface area contributed by atoms with Gasteiger partial charge in [-0.1, -0.05) is 18.2 Å². The van der Waals surface area contributed by atoms with Crippen molar-refractivity contribution in [3.63, 3.8) is 0 Å². The molecular weight excluding hydrogens is 258 g/mol. The summed E-state index contributed by atoms with van der Waals surface area (Å²) in [6, 6.07) is 9.85. The lowest BCUT2D eigenvalue weighted by Gasteiger charge is -2.05. The molecule has 1 aromatic carbocycles. The Morgan fingerprint density at radius 1 is 1.21 bits per heavy atom. The third kappa shape index (κ3) is 2.72. The van der Waals surface area contributed by atoms with Crippen LogP contribution in [0.1, 0.15) is 16.5 Å². The molecule has 0 radical (unpaired) electrons. The van der Waals surface area contributed by atoms with Gasteiger partial charge in [-0.05, 0) is 12.1 Å². The summed E-state index contributed by atoms with van der Waals surface area (Å²) in [5.74, 6) is 0. The number of aliphatic hydroxyl groups excluding tert-OH is 1. The number of hydrogen-bond donors (Lipinski definition) is 1. The van der Waals surface area contributed by atoms with Gasteiger partial charge in [-0.2, -0.15) is 5.10 Å². The monoisotopic (exact) mass is 271 g/mol. The molecule has 1 unspecified atom stereocenters. The third-order valence-electron chi connectivity index (χ3n) is 2.89. The van der Waals surface area contributed by atoms with E-state index in [-0.39, 0.29) is 0 Å². The molecule has 0 aliphatic rings. The second-order valence-electron chi connectivity index (χ2n) is 4.24. The molecule has 19 heavy (non-hydrogen) atoms. The van der Waals surface area contributed by atoms with Crippen LogP contribution in [0.2, 0.25) is 0 Å². The lowest BCUT2D eigenvalue weighted by Crippen LogP contribution is -1.99. The molecular formula is C14H13N3OS. The molecule has 0 fully saturated rings. The quantitative estimate of drug-likeness (QED) is 0.793. The largest absolute Gasteiger partial charge is 0.388 e. The van der Waals surface area contributed by atoms with E-state index in [1.807, 2.05) is 36.5 Å². The molecule has 96 valence electrons. The van der Waals surface area contributed by atoms with E-state index in [4.69, 9.17) is 0 Å². The number of aliphatic hydroxyl groups is 1. The van der Waals surface area contributed by atoms with Crippen molar-refractivity contribution < 1.29 is 5.11 Å². The Labute approximate surface area is 115 Å². The van der Waals surface area contributed by atoms with E-state index < -0.39 is 6.10 Å². The number of rotatable bonds is 4. The summed E-state index contributed by atoms with van der Waals surface area (Å²) < 4.78 is 1.77. The third-order valence-corrected chi connectivity index (χ3v) is 3.69. The molecule has 1 N–H and O–H groups in total. The van der Waals surface area contributed by atoms with Gasteiger partial charge >= 0.3 is 0 Å². The average molecular weight is 271 g/mol. The number of aromatic nitrogens is 3. The van der Waals surface area contributed by atoms with Gasteiger partial charge in [-0.15, -0.1) is 11.3 Å². The van der Waals surface area contributed by atoms with Crippen molar-refractivity contribution >= 4 is 11.3 Å². The van der Waals surface area contributed by atoms with E-state index in [1.54, 1.807) is 33.9 Å². The Morgan fingerprint density at radius 2 is 2.05 bits per heavy atom. The van der Waals surface area contributed by atoms with Crippen LogP contribution in [0.5, 0.6) is 0 Å². The Morgan fingerprint density at radius 3 is 2.79 bits per heavy atom. The topological polar surface area (TPSA) is 50.9 Å². The lowest BCUT2D eigenvalue weighted by molar-refractivity contribution is 0.179. The summed E-state index contributed by atoms with van der Waals surface area (Å²) in [5.41, 5.74) is 3.58. The van der Waals surface area contributed by atoms with Crippen LogP contribution in [0, 0.1) is 0 Å². The van der Waals surface area contributed by atoms with Crippen molar-refractivity contribution in [3.05, 3.63) is 64.9 Å². The minimum Gasteiger partial charge on any atom is -0.388 e. The molecule has 0 aliphatic heterocycles. The minimum atomic E-state index is -0.544.